The van der Waals surface area contributed by atoms with Gasteiger partial charge in [0, 0.05) is 59.7 Å². The highest BCUT2D eigenvalue weighted by atomic mass is 35.5. The Hall–Kier alpha value is -2.86. The van der Waals surface area contributed by atoms with Gasteiger partial charge in [-0.15, -0.1) is 0 Å². The summed E-state index contributed by atoms with van der Waals surface area (Å²) in [5, 5.41) is 5.29. The molecule has 4 aromatic rings. The highest BCUT2D eigenvalue weighted by Gasteiger charge is 2.49. The van der Waals surface area contributed by atoms with E-state index in [0.29, 0.717) is 68.7 Å². The summed E-state index contributed by atoms with van der Waals surface area (Å²) in [6, 6.07) is 7.98. The first-order valence-electron chi connectivity index (χ1n) is 14.2. The van der Waals surface area contributed by atoms with Crippen LogP contribution in [0.3, 0.4) is 0 Å². The second kappa shape index (κ2) is 9.58. The Kier molecular flexibility index (Phi) is 6.04. The van der Waals surface area contributed by atoms with Crippen LogP contribution in [0.2, 0.25) is 5.02 Å². The normalized spacial score (nSPS) is 27.8. The molecule has 2 aromatic carbocycles. The van der Waals surface area contributed by atoms with Crippen molar-refractivity contribution in [1.82, 2.24) is 25.2 Å². The van der Waals surface area contributed by atoms with Gasteiger partial charge in [-0.2, -0.15) is 9.97 Å². The molecule has 41 heavy (non-hydrogen) atoms. The summed E-state index contributed by atoms with van der Waals surface area (Å²) in [6.45, 7) is 3.37. The van der Waals surface area contributed by atoms with Crippen LogP contribution in [0, 0.1) is 5.82 Å². The molecule has 3 N–H and O–H groups in total. The molecule has 8 nitrogen and oxygen atoms in total. The minimum atomic E-state index is -0.833. The van der Waals surface area contributed by atoms with Crippen LogP contribution in [-0.2, 0) is 0 Å². The molecule has 2 aromatic heterocycles. The Balaban J connectivity index is 1.23. The number of anilines is 2. The molecule has 4 atom stereocenters. The fraction of sp³-hybridized carbons (Fsp3) is 0.483. The van der Waals surface area contributed by atoms with Crippen molar-refractivity contribution in [3.63, 3.8) is 0 Å². The molecule has 8 rings (SSSR count). The van der Waals surface area contributed by atoms with E-state index in [2.05, 4.69) is 20.1 Å². The quantitative estimate of drug-likeness (QED) is 0.325. The molecule has 2 bridgehead atoms. The van der Waals surface area contributed by atoms with Gasteiger partial charge in [-0.3, -0.25) is 4.90 Å². The molecule has 0 amide bonds. The molecular formula is C29H30ClF2N7OS. The highest BCUT2D eigenvalue weighted by molar-refractivity contribution is 7.22. The standard InChI is InChI=1S/C29H30ClF2N7OS/c30-21-8-20-23(9-19(21)18-4-5-22(32)25-24(18)36-27(33)41-25)35-28(37-26(20)38-12-16-2-3-17(13-38)34-16)40-14-29-6-1-7-39(29)11-15(31)10-29/h4-5,8-9,15-17,34H,1-3,6-7,10-14H2,(H2,33,36). The van der Waals surface area contributed by atoms with Crippen LogP contribution in [0.25, 0.3) is 32.2 Å². The molecule has 4 aliphatic rings. The SMILES string of the molecule is Nc1nc2c(-c3cc4nc(OCC56CCCN5CC(F)C6)nc(N5CC6CCC(C5)N6)c4cc3Cl)ccc(F)c2s1. The van der Waals surface area contributed by atoms with Gasteiger partial charge in [0.1, 0.15) is 24.4 Å². The van der Waals surface area contributed by atoms with E-state index in [-0.39, 0.29) is 17.4 Å². The lowest BCUT2D eigenvalue weighted by atomic mass is 9.95. The molecule has 0 saturated carbocycles. The predicted octanol–water partition coefficient (Wildman–Crippen LogP) is 5.18. The van der Waals surface area contributed by atoms with Gasteiger partial charge in [-0.1, -0.05) is 22.9 Å². The van der Waals surface area contributed by atoms with Gasteiger partial charge >= 0.3 is 6.01 Å². The van der Waals surface area contributed by atoms with Gasteiger partial charge in [0.2, 0.25) is 0 Å². The van der Waals surface area contributed by atoms with Crippen molar-refractivity contribution in [2.45, 2.75) is 55.9 Å². The first-order valence-corrected chi connectivity index (χ1v) is 15.4. The van der Waals surface area contributed by atoms with Crippen molar-refractivity contribution in [2.24, 2.45) is 0 Å². The Morgan fingerprint density at radius 1 is 1.12 bits per heavy atom. The molecular weight excluding hydrogens is 568 g/mol. The van der Waals surface area contributed by atoms with Crippen molar-refractivity contribution < 1.29 is 13.5 Å². The lowest BCUT2D eigenvalue weighted by molar-refractivity contribution is 0.107. The number of thiazole rings is 1. The van der Waals surface area contributed by atoms with E-state index in [1.165, 1.54) is 6.07 Å². The zero-order chi connectivity index (χ0) is 27.9. The van der Waals surface area contributed by atoms with E-state index < -0.39 is 6.17 Å². The number of ether oxygens (including phenoxy) is 1. The average Bonchev–Trinajstić information content (AvgIpc) is 3.69. The number of rotatable bonds is 5. The smallest absolute Gasteiger partial charge is 0.319 e. The fourth-order valence-electron chi connectivity index (χ4n) is 7.45. The molecule has 4 aliphatic heterocycles. The third-order valence-electron chi connectivity index (χ3n) is 9.29. The van der Waals surface area contributed by atoms with Crippen LogP contribution in [0.1, 0.15) is 32.1 Å². The highest BCUT2D eigenvalue weighted by Crippen LogP contribution is 2.43. The molecule has 4 saturated heterocycles. The summed E-state index contributed by atoms with van der Waals surface area (Å²) in [4.78, 5) is 18.7. The van der Waals surface area contributed by atoms with Crippen molar-refractivity contribution in [2.75, 3.05) is 43.4 Å². The maximum atomic E-state index is 14.6. The summed E-state index contributed by atoms with van der Waals surface area (Å²) in [6.07, 6.45) is 3.87. The average molecular weight is 598 g/mol. The summed E-state index contributed by atoms with van der Waals surface area (Å²) in [7, 11) is 0. The summed E-state index contributed by atoms with van der Waals surface area (Å²) in [5.74, 6) is 0.417. The monoisotopic (exact) mass is 597 g/mol. The number of nitrogens with one attached hydrogen (secondary N) is 1. The minimum absolute atomic E-state index is 0.275. The van der Waals surface area contributed by atoms with Gasteiger partial charge in [0.25, 0.3) is 0 Å². The van der Waals surface area contributed by atoms with Crippen molar-refractivity contribution in [1.29, 1.82) is 0 Å². The van der Waals surface area contributed by atoms with Gasteiger partial charge < -0.3 is 20.7 Å². The number of aromatic nitrogens is 3. The van der Waals surface area contributed by atoms with Gasteiger partial charge in [0.15, 0.2) is 5.13 Å². The van der Waals surface area contributed by atoms with Crippen LogP contribution < -0.4 is 20.7 Å². The van der Waals surface area contributed by atoms with Gasteiger partial charge in [0.05, 0.1) is 21.3 Å². The van der Waals surface area contributed by atoms with Crippen LogP contribution in [0.5, 0.6) is 6.01 Å². The largest absolute Gasteiger partial charge is 0.461 e. The number of hydrogen-bond acceptors (Lipinski definition) is 9. The van der Waals surface area contributed by atoms with E-state index in [4.69, 9.17) is 32.0 Å². The number of benzene rings is 2. The molecule has 0 spiro atoms. The maximum Gasteiger partial charge on any atom is 0.319 e. The van der Waals surface area contributed by atoms with E-state index >= 15 is 0 Å². The van der Waals surface area contributed by atoms with Gasteiger partial charge in [-0.05, 0) is 56.5 Å². The Labute approximate surface area is 244 Å². The Bertz CT molecular complexity index is 1670. The third kappa shape index (κ3) is 4.31. The Morgan fingerprint density at radius 2 is 1.95 bits per heavy atom. The molecule has 4 unspecified atom stereocenters. The number of alkyl halides is 1. The topological polar surface area (TPSA) is 92.4 Å². The minimum Gasteiger partial charge on any atom is -0.461 e. The number of halogens is 3. The molecule has 0 radical (unpaired) electrons. The number of hydrogen-bond donors (Lipinski definition) is 2. The van der Waals surface area contributed by atoms with Gasteiger partial charge in [-0.25, -0.2) is 13.8 Å². The number of piperazine rings is 1. The fourth-order valence-corrected chi connectivity index (χ4v) is 8.48. The van der Waals surface area contributed by atoms with Crippen LogP contribution in [0.15, 0.2) is 24.3 Å². The summed E-state index contributed by atoms with van der Waals surface area (Å²) < 4.78 is 35.7. The predicted molar refractivity (Wildman–Crippen MR) is 158 cm³/mol. The zero-order valence-electron chi connectivity index (χ0n) is 22.4. The van der Waals surface area contributed by atoms with Crippen LogP contribution in [0.4, 0.5) is 19.7 Å². The van der Waals surface area contributed by atoms with E-state index in [1.807, 2.05) is 12.1 Å². The van der Waals surface area contributed by atoms with Crippen LogP contribution >= 0.6 is 22.9 Å². The molecule has 214 valence electrons. The molecule has 0 aliphatic carbocycles. The van der Waals surface area contributed by atoms with Crippen molar-refractivity contribution in [3.05, 3.63) is 35.1 Å². The molecule has 6 heterocycles. The third-order valence-corrected chi connectivity index (χ3v) is 10.5. The van der Waals surface area contributed by atoms with E-state index in [0.717, 1.165) is 67.9 Å². The summed E-state index contributed by atoms with van der Waals surface area (Å²) in [5.41, 5.74) is 8.16. The number of fused-ring (bicyclic) bond motifs is 5. The van der Waals surface area contributed by atoms with Crippen molar-refractivity contribution >= 4 is 55.0 Å². The zero-order valence-corrected chi connectivity index (χ0v) is 23.9. The van der Waals surface area contributed by atoms with Crippen LogP contribution in [-0.4, -0.2) is 76.4 Å². The maximum absolute atomic E-state index is 14.6. The lowest BCUT2D eigenvalue weighted by Crippen LogP contribution is -2.51. The second-order valence-electron chi connectivity index (χ2n) is 11.9. The number of nitrogens with two attached hydrogens (primary N) is 1. The number of nitrogen functional groups attached to an aromatic ring is 1. The summed E-state index contributed by atoms with van der Waals surface area (Å²) >= 11 is 8.03. The first kappa shape index (κ1) is 25.8. The van der Waals surface area contributed by atoms with E-state index in [1.54, 1.807) is 6.07 Å². The molecule has 12 heteroatoms. The second-order valence-corrected chi connectivity index (χ2v) is 13.3. The lowest BCUT2D eigenvalue weighted by Gasteiger charge is -2.34. The van der Waals surface area contributed by atoms with Crippen molar-refractivity contribution in [3.8, 4) is 17.1 Å². The Morgan fingerprint density at radius 3 is 2.78 bits per heavy atom. The van der Waals surface area contributed by atoms with E-state index in [9.17, 15) is 8.78 Å². The first-order chi connectivity index (χ1) is 19.8. The number of nitrogens with zero attached hydrogens (tertiary/aromatic N) is 5. The molecule has 4 fully saturated rings.